The van der Waals surface area contributed by atoms with Gasteiger partial charge in [-0.1, -0.05) is 30.3 Å². The van der Waals surface area contributed by atoms with Crippen molar-refractivity contribution in [2.45, 2.75) is 44.6 Å². The van der Waals surface area contributed by atoms with Gasteiger partial charge in [0.1, 0.15) is 0 Å². The summed E-state index contributed by atoms with van der Waals surface area (Å²) in [6, 6.07) is 19.4. The average molecular weight is 465 g/mol. The third-order valence-electron chi connectivity index (χ3n) is 6.94. The molecule has 1 amide bonds. The van der Waals surface area contributed by atoms with Crippen LogP contribution >= 0.6 is 0 Å². The first-order valence-corrected chi connectivity index (χ1v) is 13.0. The number of hydrogen-bond acceptors (Lipinski definition) is 5. The minimum atomic E-state index is 0.102. The molecule has 6 nitrogen and oxygen atoms in total. The normalized spacial score (nSPS) is 17.6. The van der Waals surface area contributed by atoms with Crippen LogP contribution in [0.2, 0.25) is 0 Å². The number of benzene rings is 2. The highest BCUT2D eigenvalue weighted by molar-refractivity contribution is 5.90. The molecule has 2 aromatic rings. The SMILES string of the molecule is O=C(CCCCc1ccccc1)Nc1ccc(N2CCC(NCCN3CCOCC3)CC2)cc1. The van der Waals surface area contributed by atoms with E-state index in [9.17, 15) is 4.79 Å². The largest absolute Gasteiger partial charge is 0.379 e. The van der Waals surface area contributed by atoms with Crippen LogP contribution in [0.25, 0.3) is 0 Å². The second kappa shape index (κ2) is 13.5. The zero-order chi connectivity index (χ0) is 23.4. The highest BCUT2D eigenvalue weighted by atomic mass is 16.5. The number of rotatable bonds is 11. The van der Waals surface area contributed by atoms with Crippen molar-refractivity contribution in [2.24, 2.45) is 0 Å². The van der Waals surface area contributed by atoms with Gasteiger partial charge < -0.3 is 20.3 Å². The number of aryl methyl sites for hydroxylation is 1. The average Bonchev–Trinajstić information content (AvgIpc) is 2.89. The number of morpholine rings is 1. The molecule has 0 unspecified atom stereocenters. The Morgan fingerprint density at radius 2 is 1.65 bits per heavy atom. The van der Waals surface area contributed by atoms with Crippen molar-refractivity contribution in [3.05, 3.63) is 60.2 Å². The molecule has 34 heavy (non-hydrogen) atoms. The van der Waals surface area contributed by atoms with Crippen molar-refractivity contribution in [2.75, 3.05) is 62.7 Å². The first kappa shape index (κ1) is 24.7. The van der Waals surface area contributed by atoms with Gasteiger partial charge in [-0.2, -0.15) is 0 Å². The van der Waals surface area contributed by atoms with E-state index >= 15 is 0 Å². The first-order valence-electron chi connectivity index (χ1n) is 13.0. The lowest BCUT2D eigenvalue weighted by atomic mass is 10.0. The van der Waals surface area contributed by atoms with Crippen molar-refractivity contribution < 1.29 is 9.53 Å². The van der Waals surface area contributed by atoms with Crippen LogP contribution in [0.1, 0.15) is 37.7 Å². The van der Waals surface area contributed by atoms with Crippen LogP contribution in [0, 0.1) is 0 Å². The van der Waals surface area contributed by atoms with E-state index in [1.807, 2.05) is 18.2 Å². The standard InChI is InChI=1S/C28H40N4O2/c33-28(9-5-4-8-24-6-2-1-3-7-24)30-26-10-12-27(13-11-26)32-17-14-25(15-18-32)29-16-19-31-20-22-34-23-21-31/h1-3,6-7,10-13,25,29H,4-5,8-9,14-23H2,(H,30,33). The highest BCUT2D eigenvalue weighted by Crippen LogP contribution is 2.22. The fraction of sp³-hybridized carbons (Fsp3) is 0.536. The number of anilines is 2. The smallest absolute Gasteiger partial charge is 0.224 e. The summed E-state index contributed by atoms with van der Waals surface area (Å²) in [4.78, 5) is 17.2. The number of nitrogens with zero attached hydrogens (tertiary/aromatic N) is 2. The molecule has 2 N–H and O–H groups in total. The van der Waals surface area contributed by atoms with Crippen LogP contribution in [0.15, 0.2) is 54.6 Å². The minimum Gasteiger partial charge on any atom is -0.379 e. The Labute approximate surface area is 204 Å². The molecule has 0 atom stereocenters. The van der Waals surface area contributed by atoms with Crippen molar-refractivity contribution in [3.8, 4) is 0 Å². The Balaban J connectivity index is 1.10. The van der Waals surface area contributed by atoms with Crippen LogP contribution < -0.4 is 15.5 Å². The Kier molecular flexibility index (Phi) is 9.79. The molecule has 6 heteroatoms. The summed E-state index contributed by atoms with van der Waals surface area (Å²) in [6.07, 6.45) is 5.89. The summed E-state index contributed by atoms with van der Waals surface area (Å²) in [5, 5.41) is 6.79. The number of nitrogens with one attached hydrogen (secondary N) is 2. The topological polar surface area (TPSA) is 56.8 Å². The van der Waals surface area contributed by atoms with Gasteiger partial charge >= 0.3 is 0 Å². The van der Waals surface area contributed by atoms with Crippen LogP contribution in [0.4, 0.5) is 11.4 Å². The van der Waals surface area contributed by atoms with Crippen molar-refractivity contribution in [1.29, 1.82) is 0 Å². The summed E-state index contributed by atoms with van der Waals surface area (Å²) < 4.78 is 5.42. The van der Waals surface area contributed by atoms with E-state index in [0.717, 1.165) is 77.4 Å². The Morgan fingerprint density at radius 1 is 0.912 bits per heavy atom. The van der Waals surface area contributed by atoms with Crippen LogP contribution in [0.5, 0.6) is 0 Å². The molecule has 2 aliphatic rings. The molecule has 0 radical (unpaired) electrons. The Bertz CT molecular complexity index is 844. The summed E-state index contributed by atoms with van der Waals surface area (Å²) in [5.41, 5.74) is 3.47. The van der Waals surface area contributed by atoms with Crippen LogP contribution in [-0.4, -0.2) is 69.3 Å². The lowest BCUT2D eigenvalue weighted by Crippen LogP contribution is -2.46. The minimum absolute atomic E-state index is 0.102. The summed E-state index contributed by atoms with van der Waals surface area (Å²) >= 11 is 0. The van der Waals surface area contributed by atoms with E-state index in [4.69, 9.17) is 4.74 Å². The maximum Gasteiger partial charge on any atom is 0.224 e. The molecule has 0 aromatic heterocycles. The lowest BCUT2D eigenvalue weighted by molar-refractivity contribution is -0.116. The number of carbonyl (C=O) groups excluding carboxylic acids is 1. The monoisotopic (exact) mass is 464 g/mol. The van der Waals surface area contributed by atoms with E-state index in [1.54, 1.807) is 0 Å². The summed E-state index contributed by atoms with van der Waals surface area (Å²) in [6.45, 7) is 8.18. The molecule has 4 rings (SSSR count). The van der Waals surface area contributed by atoms with E-state index in [-0.39, 0.29) is 5.91 Å². The molecule has 184 valence electrons. The second-order valence-electron chi connectivity index (χ2n) is 9.46. The molecule has 2 fully saturated rings. The number of piperidine rings is 1. The van der Waals surface area contributed by atoms with Gasteiger partial charge in [-0.25, -0.2) is 0 Å². The lowest BCUT2D eigenvalue weighted by Gasteiger charge is -2.35. The maximum atomic E-state index is 12.3. The predicted octanol–water partition coefficient (Wildman–Crippen LogP) is 3.93. The third kappa shape index (κ3) is 8.12. The quantitative estimate of drug-likeness (QED) is 0.494. The van der Waals surface area contributed by atoms with E-state index in [0.29, 0.717) is 12.5 Å². The number of hydrogen-bond donors (Lipinski definition) is 2. The first-order chi connectivity index (χ1) is 16.8. The molecular weight excluding hydrogens is 424 g/mol. The van der Waals surface area contributed by atoms with Crippen LogP contribution in [-0.2, 0) is 16.0 Å². The summed E-state index contributed by atoms with van der Waals surface area (Å²) in [5.74, 6) is 0.102. The number of carbonyl (C=O) groups is 1. The summed E-state index contributed by atoms with van der Waals surface area (Å²) in [7, 11) is 0. The molecular formula is C28H40N4O2. The molecule has 2 aromatic carbocycles. The van der Waals surface area contributed by atoms with Gasteiger partial charge in [-0.3, -0.25) is 9.69 Å². The Hall–Kier alpha value is -2.41. The molecule has 2 aliphatic heterocycles. The van der Waals surface area contributed by atoms with Gasteiger partial charge in [-0.05, 0) is 61.9 Å². The zero-order valence-electron chi connectivity index (χ0n) is 20.4. The number of unbranched alkanes of at least 4 members (excludes halogenated alkanes) is 1. The molecule has 0 aliphatic carbocycles. The third-order valence-corrected chi connectivity index (χ3v) is 6.94. The van der Waals surface area contributed by atoms with Crippen molar-refractivity contribution in [1.82, 2.24) is 10.2 Å². The van der Waals surface area contributed by atoms with Gasteiger partial charge in [0.15, 0.2) is 0 Å². The zero-order valence-corrected chi connectivity index (χ0v) is 20.4. The van der Waals surface area contributed by atoms with Gasteiger partial charge in [0.25, 0.3) is 0 Å². The number of amides is 1. The van der Waals surface area contributed by atoms with E-state index < -0.39 is 0 Å². The highest BCUT2D eigenvalue weighted by Gasteiger charge is 2.19. The maximum absolute atomic E-state index is 12.3. The predicted molar refractivity (Wildman–Crippen MR) is 140 cm³/mol. The van der Waals surface area contributed by atoms with E-state index in [2.05, 4.69) is 56.8 Å². The van der Waals surface area contributed by atoms with Crippen molar-refractivity contribution in [3.63, 3.8) is 0 Å². The molecule has 2 saturated heterocycles. The van der Waals surface area contributed by atoms with E-state index in [1.165, 1.54) is 24.1 Å². The molecule has 0 spiro atoms. The fourth-order valence-electron chi connectivity index (χ4n) is 4.83. The van der Waals surface area contributed by atoms with Gasteiger partial charge in [0.05, 0.1) is 13.2 Å². The molecule has 0 bridgehead atoms. The van der Waals surface area contributed by atoms with Gasteiger partial charge in [0, 0.05) is 63.1 Å². The molecule has 2 heterocycles. The van der Waals surface area contributed by atoms with Gasteiger partial charge in [0.2, 0.25) is 5.91 Å². The Morgan fingerprint density at radius 3 is 2.38 bits per heavy atom. The fourth-order valence-corrected chi connectivity index (χ4v) is 4.83. The van der Waals surface area contributed by atoms with Crippen molar-refractivity contribution >= 4 is 17.3 Å². The number of ether oxygens (including phenoxy) is 1. The van der Waals surface area contributed by atoms with Gasteiger partial charge in [-0.15, -0.1) is 0 Å². The second-order valence-corrected chi connectivity index (χ2v) is 9.46. The van der Waals surface area contributed by atoms with Crippen LogP contribution in [0.3, 0.4) is 0 Å². The molecule has 0 saturated carbocycles.